The first-order valence-corrected chi connectivity index (χ1v) is 5.61. The predicted octanol–water partition coefficient (Wildman–Crippen LogP) is 2.29. The van der Waals surface area contributed by atoms with Gasteiger partial charge in [0.2, 0.25) is 0 Å². The lowest BCUT2D eigenvalue weighted by molar-refractivity contribution is 0.0925. The van der Waals surface area contributed by atoms with E-state index in [1.54, 1.807) is 26.2 Å². The van der Waals surface area contributed by atoms with Crippen LogP contribution in [0.4, 0.5) is 4.39 Å². The zero-order valence-corrected chi connectivity index (χ0v) is 10.4. The lowest BCUT2D eigenvalue weighted by Gasteiger charge is -2.14. The minimum atomic E-state index is -0.455. The number of hydrogen-bond donors (Lipinski definition) is 1. The smallest absolute Gasteiger partial charge is 0.254 e. The van der Waals surface area contributed by atoms with E-state index in [-0.39, 0.29) is 17.5 Å². The van der Waals surface area contributed by atoms with Gasteiger partial charge in [-0.1, -0.05) is 12.1 Å². The maximum Gasteiger partial charge on any atom is 0.254 e. The van der Waals surface area contributed by atoms with Crippen LogP contribution in [0.2, 0.25) is 0 Å². The van der Waals surface area contributed by atoms with Crippen molar-refractivity contribution in [3.05, 3.63) is 35.1 Å². The summed E-state index contributed by atoms with van der Waals surface area (Å²) in [5.41, 5.74) is 0.566. The van der Waals surface area contributed by atoms with E-state index in [9.17, 15) is 9.18 Å². The van der Waals surface area contributed by atoms with Crippen molar-refractivity contribution in [1.82, 2.24) is 5.32 Å². The highest BCUT2D eigenvalue weighted by Gasteiger charge is 2.14. The maximum absolute atomic E-state index is 13.7. The van der Waals surface area contributed by atoms with Crippen LogP contribution < -0.4 is 5.32 Å². The molecule has 1 aromatic rings. The molecule has 0 aromatic heterocycles. The van der Waals surface area contributed by atoms with Gasteiger partial charge in [0.15, 0.2) is 0 Å². The van der Waals surface area contributed by atoms with E-state index in [1.165, 1.54) is 6.07 Å². The van der Waals surface area contributed by atoms with Crippen molar-refractivity contribution in [3.8, 4) is 0 Å². The average molecular weight is 239 g/mol. The Morgan fingerprint density at radius 1 is 1.53 bits per heavy atom. The molecule has 1 unspecified atom stereocenters. The molecule has 0 spiro atoms. The molecule has 0 aliphatic carbocycles. The van der Waals surface area contributed by atoms with Crippen LogP contribution in [0.3, 0.4) is 0 Å². The van der Waals surface area contributed by atoms with Gasteiger partial charge in [0.25, 0.3) is 5.91 Å². The largest absolute Gasteiger partial charge is 0.385 e. The van der Waals surface area contributed by atoms with Crippen molar-refractivity contribution >= 4 is 5.91 Å². The summed E-state index contributed by atoms with van der Waals surface area (Å²) >= 11 is 0. The number of rotatable bonds is 5. The summed E-state index contributed by atoms with van der Waals surface area (Å²) in [5, 5.41) is 2.74. The highest BCUT2D eigenvalue weighted by atomic mass is 19.1. The van der Waals surface area contributed by atoms with Crippen LogP contribution >= 0.6 is 0 Å². The lowest BCUT2D eigenvalue weighted by atomic mass is 10.1. The molecule has 0 saturated heterocycles. The molecule has 3 nitrogen and oxygen atoms in total. The van der Waals surface area contributed by atoms with Crippen molar-refractivity contribution in [2.75, 3.05) is 13.7 Å². The third-order valence-electron chi connectivity index (χ3n) is 2.57. The zero-order valence-electron chi connectivity index (χ0n) is 10.4. The van der Waals surface area contributed by atoms with E-state index in [2.05, 4.69) is 5.32 Å². The number of carbonyl (C=O) groups excluding carboxylic acids is 1. The van der Waals surface area contributed by atoms with Crippen molar-refractivity contribution in [3.63, 3.8) is 0 Å². The molecule has 1 aromatic carbocycles. The Labute approximate surface area is 101 Å². The Morgan fingerprint density at radius 2 is 2.24 bits per heavy atom. The Morgan fingerprint density at radius 3 is 2.88 bits per heavy atom. The SMILES string of the molecule is COCCC(C)NC(=O)c1cccc(C)c1F. The van der Waals surface area contributed by atoms with E-state index < -0.39 is 5.82 Å². The molecule has 17 heavy (non-hydrogen) atoms. The second-order valence-electron chi connectivity index (χ2n) is 4.09. The highest BCUT2D eigenvalue weighted by Crippen LogP contribution is 2.12. The van der Waals surface area contributed by atoms with Gasteiger partial charge < -0.3 is 10.1 Å². The third kappa shape index (κ3) is 3.82. The molecule has 0 radical (unpaired) electrons. The third-order valence-corrected chi connectivity index (χ3v) is 2.57. The van der Waals surface area contributed by atoms with Gasteiger partial charge >= 0.3 is 0 Å². The number of carbonyl (C=O) groups is 1. The monoisotopic (exact) mass is 239 g/mol. The molecule has 0 aliphatic heterocycles. The number of aryl methyl sites for hydroxylation is 1. The fourth-order valence-electron chi connectivity index (χ4n) is 1.49. The number of hydrogen-bond acceptors (Lipinski definition) is 2. The summed E-state index contributed by atoms with van der Waals surface area (Å²) in [4.78, 5) is 11.8. The topological polar surface area (TPSA) is 38.3 Å². The first kappa shape index (κ1) is 13.6. The van der Waals surface area contributed by atoms with Gasteiger partial charge in [-0.2, -0.15) is 0 Å². The van der Waals surface area contributed by atoms with Gasteiger partial charge in [-0.05, 0) is 31.9 Å². The molecule has 0 heterocycles. The minimum Gasteiger partial charge on any atom is -0.385 e. The van der Waals surface area contributed by atoms with Crippen LogP contribution in [-0.2, 0) is 4.74 Å². The molecule has 94 valence electrons. The Bertz CT molecular complexity index is 393. The summed E-state index contributed by atoms with van der Waals surface area (Å²) in [6, 6.07) is 4.76. The fraction of sp³-hybridized carbons (Fsp3) is 0.462. The normalized spacial score (nSPS) is 12.2. The summed E-state index contributed by atoms with van der Waals surface area (Å²) in [6.45, 7) is 4.07. The van der Waals surface area contributed by atoms with Gasteiger partial charge in [0, 0.05) is 19.8 Å². The van der Waals surface area contributed by atoms with Gasteiger partial charge in [-0.3, -0.25) is 4.79 Å². The summed E-state index contributed by atoms with van der Waals surface area (Å²) < 4.78 is 18.6. The minimum absolute atomic E-state index is 0.0395. The summed E-state index contributed by atoms with van der Waals surface area (Å²) in [7, 11) is 1.61. The van der Waals surface area contributed by atoms with Gasteiger partial charge in [-0.25, -0.2) is 4.39 Å². The number of nitrogens with one attached hydrogen (secondary N) is 1. The average Bonchev–Trinajstić information content (AvgIpc) is 2.29. The Hall–Kier alpha value is -1.42. The van der Waals surface area contributed by atoms with Crippen LogP contribution in [0.15, 0.2) is 18.2 Å². The highest BCUT2D eigenvalue weighted by molar-refractivity contribution is 5.94. The maximum atomic E-state index is 13.7. The summed E-state index contributed by atoms with van der Waals surface area (Å²) in [6.07, 6.45) is 0.704. The second kappa shape index (κ2) is 6.35. The first-order chi connectivity index (χ1) is 8.06. The van der Waals surface area contributed by atoms with Gasteiger partial charge in [0.1, 0.15) is 5.82 Å². The molecule has 1 N–H and O–H groups in total. The molecule has 0 bridgehead atoms. The zero-order chi connectivity index (χ0) is 12.8. The molecular weight excluding hydrogens is 221 g/mol. The van der Waals surface area contributed by atoms with Crippen molar-refractivity contribution in [2.45, 2.75) is 26.3 Å². The number of ether oxygens (including phenoxy) is 1. The van der Waals surface area contributed by atoms with E-state index in [0.29, 0.717) is 18.6 Å². The Kier molecular flexibility index (Phi) is 5.10. The number of halogens is 1. The van der Waals surface area contributed by atoms with E-state index in [0.717, 1.165) is 0 Å². The Balaban J connectivity index is 2.67. The summed E-state index contributed by atoms with van der Waals surface area (Å²) in [5.74, 6) is -0.834. The molecule has 0 saturated carbocycles. The van der Waals surface area contributed by atoms with Crippen molar-refractivity contribution in [1.29, 1.82) is 0 Å². The van der Waals surface area contributed by atoms with Crippen LogP contribution in [0.5, 0.6) is 0 Å². The number of benzene rings is 1. The molecule has 1 rings (SSSR count). The molecule has 1 atom stereocenters. The first-order valence-electron chi connectivity index (χ1n) is 5.61. The quantitative estimate of drug-likeness (QED) is 0.856. The standard InChI is InChI=1S/C13H18FNO2/c1-9-5-4-6-11(12(9)14)13(16)15-10(2)7-8-17-3/h4-6,10H,7-8H2,1-3H3,(H,15,16). The van der Waals surface area contributed by atoms with Crippen molar-refractivity contribution < 1.29 is 13.9 Å². The molecule has 4 heteroatoms. The molecule has 1 amide bonds. The van der Waals surface area contributed by atoms with Crippen LogP contribution in [0.25, 0.3) is 0 Å². The lowest BCUT2D eigenvalue weighted by Crippen LogP contribution is -2.34. The van der Waals surface area contributed by atoms with Crippen molar-refractivity contribution in [2.24, 2.45) is 0 Å². The van der Waals surface area contributed by atoms with E-state index >= 15 is 0 Å². The molecule has 0 aliphatic rings. The van der Waals surface area contributed by atoms with Crippen LogP contribution in [0.1, 0.15) is 29.3 Å². The number of amides is 1. The van der Waals surface area contributed by atoms with Gasteiger partial charge in [-0.15, -0.1) is 0 Å². The van der Waals surface area contributed by atoms with Crippen LogP contribution in [-0.4, -0.2) is 25.7 Å². The predicted molar refractivity (Wildman–Crippen MR) is 64.6 cm³/mol. The molecule has 0 fully saturated rings. The van der Waals surface area contributed by atoms with Gasteiger partial charge in [0.05, 0.1) is 5.56 Å². The number of methoxy groups -OCH3 is 1. The van der Waals surface area contributed by atoms with E-state index in [4.69, 9.17) is 4.74 Å². The van der Waals surface area contributed by atoms with Crippen LogP contribution in [0, 0.1) is 12.7 Å². The molecular formula is C13H18FNO2. The fourth-order valence-corrected chi connectivity index (χ4v) is 1.49. The van der Waals surface area contributed by atoms with E-state index in [1.807, 2.05) is 6.92 Å². The second-order valence-corrected chi connectivity index (χ2v) is 4.09.